The molecule has 1 saturated heterocycles. The summed E-state index contributed by atoms with van der Waals surface area (Å²) >= 11 is 0. The van der Waals surface area contributed by atoms with Gasteiger partial charge in [-0.2, -0.15) is 0 Å². The summed E-state index contributed by atoms with van der Waals surface area (Å²) in [6.07, 6.45) is 2.07. The number of rotatable bonds is 4. The highest BCUT2D eigenvalue weighted by Crippen LogP contribution is 2.08. The van der Waals surface area contributed by atoms with E-state index in [0.29, 0.717) is 5.56 Å². The Hall–Kier alpha value is -1.68. The van der Waals surface area contributed by atoms with Gasteiger partial charge in [0.2, 0.25) is 5.91 Å². The lowest BCUT2D eigenvalue weighted by Crippen LogP contribution is -3.14. The van der Waals surface area contributed by atoms with Crippen LogP contribution in [0.25, 0.3) is 0 Å². The van der Waals surface area contributed by atoms with E-state index in [0.717, 1.165) is 32.7 Å². The highest BCUT2D eigenvalue weighted by molar-refractivity contribution is 5.78. The maximum Gasteiger partial charge on any atom is 0.227 e. The Kier molecular flexibility index (Phi) is 4.68. The second-order valence-electron chi connectivity index (χ2n) is 4.89. The molecule has 0 unspecified atom stereocenters. The Morgan fingerprint density at radius 3 is 2.68 bits per heavy atom. The maximum absolute atomic E-state index is 13.5. The molecule has 0 radical (unpaired) electrons. The molecule has 1 N–H and O–H groups in total. The van der Waals surface area contributed by atoms with Crippen LogP contribution < -0.4 is 4.90 Å². The van der Waals surface area contributed by atoms with E-state index in [-0.39, 0.29) is 18.1 Å². The quantitative estimate of drug-likeness (QED) is 0.776. The minimum atomic E-state index is -0.299. The van der Waals surface area contributed by atoms with Crippen LogP contribution in [0, 0.1) is 5.82 Å². The summed E-state index contributed by atoms with van der Waals surface area (Å²) in [6.45, 7) is 8.04. The average molecular weight is 263 g/mol. The normalized spacial score (nSPS) is 16.4. The minimum Gasteiger partial charge on any atom is -0.331 e. The van der Waals surface area contributed by atoms with Crippen LogP contribution in [-0.4, -0.2) is 43.5 Å². The van der Waals surface area contributed by atoms with Crippen molar-refractivity contribution in [2.24, 2.45) is 0 Å². The van der Waals surface area contributed by atoms with Gasteiger partial charge in [0.05, 0.1) is 39.1 Å². The Morgan fingerprint density at radius 2 is 2.05 bits per heavy atom. The van der Waals surface area contributed by atoms with Gasteiger partial charge in [-0.3, -0.25) is 4.79 Å². The average Bonchev–Trinajstić information content (AvgIpc) is 2.42. The molecule has 1 aromatic carbocycles. The topological polar surface area (TPSA) is 24.8 Å². The summed E-state index contributed by atoms with van der Waals surface area (Å²) in [5.41, 5.74) is 0.480. The van der Waals surface area contributed by atoms with Crippen molar-refractivity contribution < 1.29 is 14.1 Å². The molecular weight excluding hydrogens is 243 g/mol. The largest absolute Gasteiger partial charge is 0.331 e. The predicted octanol–water partition coefficient (Wildman–Crippen LogP) is 0.281. The van der Waals surface area contributed by atoms with Gasteiger partial charge < -0.3 is 9.80 Å². The molecule has 2 rings (SSSR count). The van der Waals surface area contributed by atoms with Crippen LogP contribution >= 0.6 is 0 Å². The van der Waals surface area contributed by atoms with Crippen LogP contribution in [0.15, 0.2) is 36.9 Å². The van der Waals surface area contributed by atoms with Gasteiger partial charge in [0.25, 0.3) is 0 Å². The number of hydrogen-bond acceptors (Lipinski definition) is 1. The molecule has 1 amide bonds. The van der Waals surface area contributed by atoms with Gasteiger partial charge in [-0.15, -0.1) is 0 Å². The Bertz CT molecular complexity index is 453. The number of hydrogen-bond donors (Lipinski definition) is 1. The van der Waals surface area contributed by atoms with E-state index in [1.807, 2.05) is 11.0 Å². The Labute approximate surface area is 113 Å². The molecule has 0 atom stereocenters. The van der Waals surface area contributed by atoms with Crippen molar-refractivity contribution in [3.05, 3.63) is 48.3 Å². The summed E-state index contributed by atoms with van der Waals surface area (Å²) in [4.78, 5) is 15.4. The van der Waals surface area contributed by atoms with Crippen molar-refractivity contribution in [3.8, 4) is 0 Å². The number of nitrogens with one attached hydrogen (secondary N) is 1. The molecule has 1 aliphatic rings. The van der Waals surface area contributed by atoms with Crippen LogP contribution in [0.4, 0.5) is 4.39 Å². The minimum absolute atomic E-state index is 0.0164. The molecule has 1 aliphatic heterocycles. The highest BCUT2D eigenvalue weighted by Gasteiger charge is 2.23. The van der Waals surface area contributed by atoms with Gasteiger partial charge in [-0.25, -0.2) is 4.39 Å². The summed E-state index contributed by atoms with van der Waals surface area (Å²) in [7, 11) is 0. The number of quaternary nitrogens is 1. The zero-order valence-corrected chi connectivity index (χ0v) is 11.1. The van der Waals surface area contributed by atoms with Crippen molar-refractivity contribution in [3.63, 3.8) is 0 Å². The Morgan fingerprint density at radius 1 is 1.37 bits per heavy atom. The van der Waals surface area contributed by atoms with Gasteiger partial charge in [0.1, 0.15) is 5.82 Å². The molecule has 0 aromatic heterocycles. The van der Waals surface area contributed by atoms with Gasteiger partial charge in [0.15, 0.2) is 0 Å². The van der Waals surface area contributed by atoms with Crippen molar-refractivity contribution in [2.45, 2.75) is 6.42 Å². The van der Waals surface area contributed by atoms with E-state index in [1.165, 1.54) is 11.0 Å². The molecule has 1 aromatic rings. The van der Waals surface area contributed by atoms with Crippen LogP contribution in [0.1, 0.15) is 5.56 Å². The maximum atomic E-state index is 13.5. The first-order chi connectivity index (χ1) is 9.20. The van der Waals surface area contributed by atoms with Crippen LogP contribution in [0.5, 0.6) is 0 Å². The fourth-order valence-electron chi connectivity index (χ4n) is 2.40. The van der Waals surface area contributed by atoms with Crippen molar-refractivity contribution >= 4 is 5.91 Å². The van der Waals surface area contributed by atoms with E-state index >= 15 is 0 Å². The van der Waals surface area contributed by atoms with E-state index in [1.54, 1.807) is 18.2 Å². The third kappa shape index (κ3) is 3.64. The molecule has 1 fully saturated rings. The molecule has 0 bridgehead atoms. The summed E-state index contributed by atoms with van der Waals surface area (Å²) in [5.74, 6) is -0.283. The lowest BCUT2D eigenvalue weighted by atomic mass is 10.1. The molecule has 4 heteroatoms. The molecule has 0 saturated carbocycles. The monoisotopic (exact) mass is 263 g/mol. The van der Waals surface area contributed by atoms with E-state index < -0.39 is 0 Å². The summed E-state index contributed by atoms with van der Waals surface area (Å²) < 4.78 is 13.5. The third-order valence-corrected chi connectivity index (χ3v) is 3.56. The smallest absolute Gasteiger partial charge is 0.227 e. The lowest BCUT2D eigenvalue weighted by Gasteiger charge is -2.31. The molecule has 3 nitrogen and oxygen atoms in total. The first-order valence-corrected chi connectivity index (χ1v) is 6.66. The SMILES string of the molecule is C=CC[NH+]1CCN(C(=O)Cc2ccccc2F)CC1. The number of halogens is 1. The number of carbonyl (C=O) groups is 1. The third-order valence-electron chi connectivity index (χ3n) is 3.56. The first-order valence-electron chi connectivity index (χ1n) is 6.66. The summed E-state index contributed by atoms with van der Waals surface area (Å²) in [6, 6.07) is 6.47. The lowest BCUT2D eigenvalue weighted by molar-refractivity contribution is -0.898. The second-order valence-corrected chi connectivity index (χ2v) is 4.89. The number of amides is 1. The van der Waals surface area contributed by atoms with Gasteiger partial charge in [-0.05, 0) is 17.7 Å². The number of benzene rings is 1. The zero-order valence-electron chi connectivity index (χ0n) is 11.1. The van der Waals surface area contributed by atoms with Crippen LogP contribution in [-0.2, 0) is 11.2 Å². The first kappa shape index (κ1) is 13.7. The van der Waals surface area contributed by atoms with E-state index in [4.69, 9.17) is 0 Å². The molecule has 0 aliphatic carbocycles. The molecule has 0 spiro atoms. The fraction of sp³-hybridized carbons (Fsp3) is 0.400. The molecule has 102 valence electrons. The van der Waals surface area contributed by atoms with Crippen LogP contribution in [0.3, 0.4) is 0 Å². The van der Waals surface area contributed by atoms with Crippen molar-refractivity contribution in [1.29, 1.82) is 0 Å². The molecular formula is C15H20FN2O+. The number of piperazine rings is 1. The van der Waals surface area contributed by atoms with E-state index in [2.05, 4.69) is 6.58 Å². The second kappa shape index (κ2) is 6.48. The van der Waals surface area contributed by atoms with Gasteiger partial charge in [0, 0.05) is 0 Å². The fourth-order valence-corrected chi connectivity index (χ4v) is 2.40. The van der Waals surface area contributed by atoms with Crippen LogP contribution in [0.2, 0.25) is 0 Å². The Balaban J connectivity index is 1.88. The van der Waals surface area contributed by atoms with Crippen molar-refractivity contribution in [2.75, 3.05) is 32.7 Å². The van der Waals surface area contributed by atoms with Gasteiger partial charge >= 0.3 is 0 Å². The predicted molar refractivity (Wildman–Crippen MR) is 72.4 cm³/mol. The summed E-state index contributed by atoms with van der Waals surface area (Å²) in [5, 5.41) is 0. The molecule has 1 heterocycles. The number of nitrogens with zero attached hydrogens (tertiary/aromatic N) is 1. The standard InChI is InChI=1S/C15H19FN2O/c1-2-7-17-8-10-18(11-9-17)15(19)12-13-5-3-4-6-14(13)16/h2-6H,1,7-12H2/p+1. The zero-order chi connectivity index (χ0) is 13.7. The van der Waals surface area contributed by atoms with Crippen molar-refractivity contribution in [1.82, 2.24) is 4.90 Å². The number of carbonyl (C=O) groups excluding carboxylic acids is 1. The van der Waals surface area contributed by atoms with Gasteiger partial charge in [-0.1, -0.05) is 24.8 Å². The molecule has 19 heavy (non-hydrogen) atoms. The highest BCUT2D eigenvalue weighted by atomic mass is 19.1. The van der Waals surface area contributed by atoms with E-state index in [9.17, 15) is 9.18 Å².